The molecule has 0 radical (unpaired) electrons. The Hall–Kier alpha value is -3.74. The smallest absolute Gasteiger partial charge is 0.418 e. The van der Waals surface area contributed by atoms with Crippen molar-refractivity contribution in [3.8, 4) is 0 Å². The first-order chi connectivity index (χ1) is 18.1. The van der Waals surface area contributed by atoms with Gasteiger partial charge in [-0.15, -0.1) is 13.2 Å². The van der Waals surface area contributed by atoms with E-state index in [-0.39, 0.29) is 45.4 Å². The van der Waals surface area contributed by atoms with Crippen LogP contribution in [0.15, 0.2) is 95.5 Å². The summed E-state index contributed by atoms with van der Waals surface area (Å²) < 4.78 is 73.4. The van der Waals surface area contributed by atoms with Crippen LogP contribution in [0.1, 0.15) is 21.7 Å². The van der Waals surface area contributed by atoms with E-state index in [1.165, 1.54) is 64.0 Å². The Morgan fingerprint density at radius 2 is 1.71 bits per heavy atom. The third-order valence-corrected chi connectivity index (χ3v) is 8.38. The van der Waals surface area contributed by atoms with Crippen molar-refractivity contribution in [1.82, 2.24) is 9.29 Å². The quantitative estimate of drug-likeness (QED) is 0.218. The van der Waals surface area contributed by atoms with Gasteiger partial charge in [-0.05, 0) is 48.5 Å². The van der Waals surface area contributed by atoms with E-state index < -0.39 is 27.7 Å². The lowest BCUT2D eigenvalue weighted by atomic mass is 10.2. The van der Waals surface area contributed by atoms with Crippen molar-refractivity contribution in [3.63, 3.8) is 0 Å². The predicted octanol–water partition coefficient (Wildman–Crippen LogP) is 6.12. The molecule has 0 atom stereocenters. The highest BCUT2D eigenvalue weighted by molar-refractivity contribution is 7.89. The molecule has 12 heteroatoms. The molecule has 4 aromatic rings. The Labute approximate surface area is 221 Å². The Bertz CT molecular complexity index is 1550. The molecule has 0 aliphatic carbocycles. The predicted molar refractivity (Wildman–Crippen MR) is 139 cm³/mol. The van der Waals surface area contributed by atoms with Crippen molar-refractivity contribution >= 4 is 42.6 Å². The monoisotopic (exact) mass is 561 g/mol. The molecule has 38 heavy (non-hydrogen) atoms. The van der Waals surface area contributed by atoms with Gasteiger partial charge >= 0.3 is 6.18 Å². The van der Waals surface area contributed by atoms with Crippen LogP contribution < -0.4 is 4.90 Å². The summed E-state index contributed by atoms with van der Waals surface area (Å²) in [6.45, 7) is 7.20. The summed E-state index contributed by atoms with van der Waals surface area (Å²) in [6.07, 6.45) is -0.301. The van der Waals surface area contributed by atoms with Crippen molar-refractivity contribution in [2.75, 3.05) is 18.0 Å². The molecule has 4 rings (SSSR count). The number of benzene rings is 2. The molecule has 1 amide bonds. The molecule has 0 aliphatic rings. The molecule has 0 unspecified atom stereocenters. The summed E-state index contributed by atoms with van der Waals surface area (Å²) in [5.74, 6) is -0.204. The van der Waals surface area contributed by atoms with Gasteiger partial charge in [0.05, 0.1) is 33.5 Å². The summed E-state index contributed by atoms with van der Waals surface area (Å²) >= 11 is 0.934. The van der Waals surface area contributed by atoms with Crippen LogP contribution in [0.4, 0.5) is 18.3 Å². The van der Waals surface area contributed by atoms with Gasteiger partial charge in [0.25, 0.3) is 5.91 Å². The first-order valence-corrected chi connectivity index (χ1v) is 13.4. The molecule has 198 valence electrons. The number of aromatic nitrogens is 1. The number of thiazole rings is 1. The van der Waals surface area contributed by atoms with Gasteiger partial charge < -0.3 is 4.42 Å². The minimum atomic E-state index is -4.62. The summed E-state index contributed by atoms with van der Waals surface area (Å²) in [5.41, 5.74) is -1.05. The van der Waals surface area contributed by atoms with Crippen LogP contribution in [0.5, 0.6) is 0 Å². The highest BCUT2D eigenvalue weighted by atomic mass is 32.2. The Morgan fingerprint density at radius 1 is 1.03 bits per heavy atom. The topological polar surface area (TPSA) is 83.7 Å². The fraction of sp³-hybridized carbons (Fsp3) is 0.154. The summed E-state index contributed by atoms with van der Waals surface area (Å²) in [7, 11) is -3.88. The van der Waals surface area contributed by atoms with Crippen LogP contribution >= 0.6 is 11.3 Å². The second-order valence-electron chi connectivity index (χ2n) is 8.04. The molecule has 2 heterocycles. The van der Waals surface area contributed by atoms with Gasteiger partial charge in [0.15, 0.2) is 5.13 Å². The number of amides is 1. The molecule has 0 saturated carbocycles. The van der Waals surface area contributed by atoms with E-state index >= 15 is 0 Å². The standard InChI is InChI=1S/C26H22F3N3O4S2/c1-3-14-31(15-4-2)38(34,35)20-12-10-18(11-13-20)24(33)32(17-19-7-6-16-36-19)25-30-23-21(26(27,28)29)8-5-9-22(23)37-25/h3-13,16H,1-2,14-15,17H2. The maximum absolute atomic E-state index is 13.6. The lowest BCUT2D eigenvalue weighted by Crippen LogP contribution is -2.32. The molecule has 0 saturated heterocycles. The lowest BCUT2D eigenvalue weighted by molar-refractivity contribution is -0.136. The van der Waals surface area contributed by atoms with E-state index in [4.69, 9.17) is 4.42 Å². The third kappa shape index (κ3) is 5.57. The van der Waals surface area contributed by atoms with Gasteiger partial charge in [-0.2, -0.15) is 17.5 Å². The van der Waals surface area contributed by atoms with Crippen LogP contribution in [-0.2, 0) is 22.7 Å². The Balaban J connectivity index is 1.72. The Kier molecular flexibility index (Phi) is 7.86. The summed E-state index contributed by atoms with van der Waals surface area (Å²) in [4.78, 5) is 18.9. The molecular formula is C26H22F3N3O4S2. The van der Waals surface area contributed by atoms with Gasteiger partial charge in [0, 0.05) is 18.7 Å². The van der Waals surface area contributed by atoms with E-state index in [9.17, 15) is 26.4 Å². The zero-order valence-corrected chi connectivity index (χ0v) is 21.5. The lowest BCUT2D eigenvalue weighted by Gasteiger charge is -2.20. The molecule has 0 spiro atoms. The number of rotatable bonds is 10. The molecule has 0 fully saturated rings. The van der Waals surface area contributed by atoms with Crippen LogP contribution in [0.3, 0.4) is 0 Å². The number of hydrogen-bond acceptors (Lipinski definition) is 6. The van der Waals surface area contributed by atoms with Crippen molar-refractivity contribution < 1.29 is 30.8 Å². The van der Waals surface area contributed by atoms with Crippen LogP contribution in [0, 0.1) is 0 Å². The average Bonchev–Trinajstić information content (AvgIpc) is 3.55. The van der Waals surface area contributed by atoms with Crippen molar-refractivity contribution in [2.24, 2.45) is 0 Å². The molecule has 0 N–H and O–H groups in total. The van der Waals surface area contributed by atoms with Crippen LogP contribution in [0.2, 0.25) is 0 Å². The molecule has 2 aromatic carbocycles. The molecule has 0 aliphatic heterocycles. The van der Waals surface area contributed by atoms with Crippen molar-refractivity contribution in [3.05, 3.63) is 103 Å². The number of hydrogen-bond donors (Lipinski definition) is 0. The first-order valence-electron chi connectivity index (χ1n) is 11.2. The second kappa shape index (κ2) is 10.9. The van der Waals surface area contributed by atoms with Gasteiger partial charge in [-0.25, -0.2) is 13.4 Å². The van der Waals surface area contributed by atoms with E-state index in [2.05, 4.69) is 18.1 Å². The minimum Gasteiger partial charge on any atom is -0.467 e. The normalized spacial score (nSPS) is 12.1. The minimum absolute atomic E-state index is 0.0369. The summed E-state index contributed by atoms with van der Waals surface area (Å²) in [6, 6.07) is 12.3. The SMILES string of the molecule is C=CCN(CC=C)S(=O)(=O)c1ccc(C(=O)N(Cc2ccco2)c2nc3c(C(F)(F)F)cccc3s2)cc1. The third-order valence-electron chi connectivity index (χ3n) is 5.49. The number of carbonyl (C=O) groups excluding carboxylic acids is 1. The number of halogens is 3. The van der Waals surface area contributed by atoms with Crippen LogP contribution in [-0.4, -0.2) is 36.7 Å². The van der Waals surface area contributed by atoms with Gasteiger partial charge in [0.1, 0.15) is 5.76 Å². The van der Waals surface area contributed by atoms with E-state index in [1.807, 2.05) is 0 Å². The Morgan fingerprint density at radius 3 is 2.29 bits per heavy atom. The number of fused-ring (bicyclic) bond motifs is 1. The molecule has 0 bridgehead atoms. The number of para-hydroxylation sites is 1. The van der Waals surface area contributed by atoms with Gasteiger partial charge in [0.2, 0.25) is 10.0 Å². The average molecular weight is 562 g/mol. The van der Waals surface area contributed by atoms with E-state index in [0.717, 1.165) is 17.4 Å². The molecular weight excluding hydrogens is 539 g/mol. The molecule has 2 aromatic heterocycles. The van der Waals surface area contributed by atoms with E-state index in [1.54, 1.807) is 12.1 Å². The first kappa shape index (κ1) is 27.3. The largest absolute Gasteiger partial charge is 0.467 e. The van der Waals surface area contributed by atoms with Gasteiger partial charge in [-0.3, -0.25) is 9.69 Å². The van der Waals surface area contributed by atoms with E-state index in [0.29, 0.717) is 5.76 Å². The number of nitrogens with zero attached hydrogens (tertiary/aromatic N) is 3. The molecule has 7 nitrogen and oxygen atoms in total. The fourth-order valence-corrected chi connectivity index (χ4v) is 6.07. The maximum atomic E-state index is 13.6. The number of alkyl halides is 3. The number of anilines is 1. The number of furan rings is 1. The summed E-state index contributed by atoms with van der Waals surface area (Å²) in [5, 5.41) is 0.0398. The zero-order chi connectivity index (χ0) is 27.5. The second-order valence-corrected chi connectivity index (χ2v) is 11.0. The van der Waals surface area contributed by atoms with Crippen LogP contribution in [0.25, 0.3) is 10.2 Å². The van der Waals surface area contributed by atoms with Crippen molar-refractivity contribution in [1.29, 1.82) is 0 Å². The van der Waals surface area contributed by atoms with Crippen molar-refractivity contribution in [2.45, 2.75) is 17.6 Å². The number of carbonyl (C=O) groups is 1. The number of sulfonamides is 1. The fourth-order valence-electron chi connectivity index (χ4n) is 3.70. The van der Waals surface area contributed by atoms with Gasteiger partial charge in [-0.1, -0.05) is 29.6 Å². The zero-order valence-electron chi connectivity index (χ0n) is 19.9. The maximum Gasteiger partial charge on any atom is 0.418 e. The highest BCUT2D eigenvalue weighted by Crippen LogP contribution is 2.39. The highest BCUT2D eigenvalue weighted by Gasteiger charge is 2.34.